The highest BCUT2D eigenvalue weighted by Crippen LogP contribution is 2.37. The van der Waals surface area contributed by atoms with E-state index in [2.05, 4.69) is 0 Å². The summed E-state index contributed by atoms with van der Waals surface area (Å²) in [5.74, 6) is -0.650. The monoisotopic (exact) mass is 446 g/mol. The Morgan fingerprint density at radius 1 is 0.969 bits per heavy atom. The predicted octanol–water partition coefficient (Wildman–Crippen LogP) is 1.09. The molecule has 10 heteroatoms. The lowest BCUT2D eigenvalue weighted by atomic mass is 10.00. The van der Waals surface area contributed by atoms with Gasteiger partial charge >= 0.3 is 0 Å². The zero-order valence-electron chi connectivity index (χ0n) is 17.1. The van der Waals surface area contributed by atoms with Crippen molar-refractivity contribution in [2.45, 2.75) is 37.6 Å². The van der Waals surface area contributed by atoms with Crippen LogP contribution in [0.1, 0.15) is 6.92 Å². The van der Waals surface area contributed by atoms with Gasteiger partial charge in [-0.05, 0) is 31.2 Å². The minimum atomic E-state index is -1.67. The Bertz CT molecular complexity index is 1190. The van der Waals surface area contributed by atoms with E-state index in [1.54, 1.807) is 0 Å². The first-order valence-electron chi connectivity index (χ1n) is 9.74. The maximum atomic E-state index is 13.3. The highest BCUT2D eigenvalue weighted by Gasteiger charge is 2.44. The van der Waals surface area contributed by atoms with E-state index in [0.29, 0.717) is 5.56 Å². The number of aliphatic hydroxyl groups is 3. The van der Waals surface area contributed by atoms with Crippen LogP contribution in [0.4, 0.5) is 0 Å². The van der Waals surface area contributed by atoms with Gasteiger partial charge in [-0.1, -0.05) is 0 Å². The van der Waals surface area contributed by atoms with Crippen LogP contribution in [0.3, 0.4) is 0 Å². The number of rotatable bonds is 4. The highest BCUT2D eigenvalue weighted by atomic mass is 16.7. The normalized spacial score (nSPS) is 25.6. The molecular weight excluding hydrogens is 424 g/mol. The fourth-order valence-corrected chi connectivity index (χ4v) is 3.51. The number of fused-ring (bicyclic) bond motifs is 1. The van der Waals surface area contributed by atoms with E-state index in [4.69, 9.17) is 18.6 Å². The third-order valence-electron chi connectivity index (χ3n) is 5.31. The van der Waals surface area contributed by atoms with E-state index < -0.39 is 47.6 Å². The molecule has 5 N–H and O–H groups in total. The Labute approximate surface area is 181 Å². The lowest BCUT2D eigenvalue weighted by Crippen LogP contribution is -2.58. The summed E-state index contributed by atoms with van der Waals surface area (Å²) in [5, 5.41) is 50.1. The van der Waals surface area contributed by atoms with Crippen LogP contribution >= 0.6 is 0 Å². The van der Waals surface area contributed by atoms with Crippen molar-refractivity contribution in [3.8, 4) is 34.3 Å². The van der Waals surface area contributed by atoms with Crippen LogP contribution in [-0.4, -0.2) is 63.3 Å². The summed E-state index contributed by atoms with van der Waals surface area (Å²) in [7, 11) is 1.39. The molecule has 32 heavy (non-hydrogen) atoms. The molecule has 1 aliphatic rings. The van der Waals surface area contributed by atoms with Crippen molar-refractivity contribution in [2.75, 3.05) is 7.11 Å². The lowest BCUT2D eigenvalue weighted by molar-refractivity contribution is -0.268. The average Bonchev–Trinajstić information content (AvgIpc) is 2.77. The van der Waals surface area contributed by atoms with Crippen LogP contribution in [-0.2, 0) is 4.74 Å². The molecule has 0 bridgehead atoms. The fourth-order valence-electron chi connectivity index (χ4n) is 3.51. The maximum Gasteiger partial charge on any atom is 0.239 e. The van der Waals surface area contributed by atoms with Crippen LogP contribution in [0.5, 0.6) is 23.0 Å². The van der Waals surface area contributed by atoms with Gasteiger partial charge in [0.05, 0.1) is 13.2 Å². The minimum absolute atomic E-state index is 0.0104. The van der Waals surface area contributed by atoms with Gasteiger partial charge in [0.15, 0.2) is 5.76 Å². The molecule has 0 aliphatic carbocycles. The second-order valence-corrected chi connectivity index (χ2v) is 7.46. The number of phenolic OH excluding ortho intramolecular Hbond substituents is 2. The van der Waals surface area contributed by atoms with Gasteiger partial charge in [-0.25, -0.2) is 0 Å². The fraction of sp³-hybridized carbons (Fsp3) is 0.318. The van der Waals surface area contributed by atoms with E-state index in [1.807, 2.05) is 0 Å². The zero-order valence-corrected chi connectivity index (χ0v) is 17.1. The van der Waals surface area contributed by atoms with Gasteiger partial charge < -0.3 is 44.2 Å². The zero-order chi connectivity index (χ0) is 23.2. The Kier molecular flexibility index (Phi) is 5.70. The average molecular weight is 446 g/mol. The molecule has 1 fully saturated rings. The molecule has 2 aromatic carbocycles. The van der Waals surface area contributed by atoms with Gasteiger partial charge in [0.1, 0.15) is 46.5 Å². The number of aliphatic hydroxyl groups excluding tert-OH is 3. The van der Waals surface area contributed by atoms with Gasteiger partial charge in [-0.3, -0.25) is 4.79 Å². The molecule has 1 saturated heterocycles. The number of phenols is 2. The van der Waals surface area contributed by atoms with Crippen molar-refractivity contribution in [3.63, 3.8) is 0 Å². The van der Waals surface area contributed by atoms with Crippen molar-refractivity contribution in [1.82, 2.24) is 0 Å². The molecule has 1 aromatic heterocycles. The van der Waals surface area contributed by atoms with Gasteiger partial charge in [-0.15, -0.1) is 0 Å². The number of benzene rings is 2. The first-order valence-corrected chi connectivity index (χ1v) is 9.74. The highest BCUT2D eigenvalue weighted by molar-refractivity contribution is 5.88. The van der Waals surface area contributed by atoms with E-state index in [1.165, 1.54) is 50.4 Å². The summed E-state index contributed by atoms with van der Waals surface area (Å²) in [4.78, 5) is 13.3. The van der Waals surface area contributed by atoms with Gasteiger partial charge in [0.25, 0.3) is 0 Å². The summed E-state index contributed by atoms with van der Waals surface area (Å²) in [6, 6.07) is 8.36. The number of aromatic hydroxyl groups is 2. The van der Waals surface area contributed by atoms with Crippen molar-refractivity contribution in [3.05, 3.63) is 46.6 Å². The Morgan fingerprint density at radius 3 is 2.31 bits per heavy atom. The molecule has 3 aromatic rings. The summed E-state index contributed by atoms with van der Waals surface area (Å²) in [5.41, 5.74) is -0.409. The maximum absolute atomic E-state index is 13.3. The van der Waals surface area contributed by atoms with Crippen molar-refractivity contribution in [2.24, 2.45) is 0 Å². The molecule has 0 amide bonds. The predicted molar refractivity (Wildman–Crippen MR) is 111 cm³/mol. The van der Waals surface area contributed by atoms with Gasteiger partial charge in [0.2, 0.25) is 17.5 Å². The van der Waals surface area contributed by atoms with Crippen molar-refractivity contribution >= 4 is 11.0 Å². The minimum Gasteiger partial charge on any atom is -0.508 e. The van der Waals surface area contributed by atoms with Crippen molar-refractivity contribution < 1.29 is 44.2 Å². The standard InChI is InChI=1S/C22H22O10/c1-9-16(25)18(27)19(28)22(30-9)32-21-17(26)15-13(24)7-12(29-2)8-14(15)31-20(21)10-3-5-11(23)6-4-10/h3-9,16,18-19,22-25,27-28H,1-2H3/t9-,16-,18+,19+,22-/m0/s1. The molecule has 170 valence electrons. The molecular formula is C22H22O10. The molecule has 0 spiro atoms. The second-order valence-electron chi connectivity index (χ2n) is 7.46. The van der Waals surface area contributed by atoms with Crippen LogP contribution in [0.25, 0.3) is 22.3 Å². The number of hydrogen-bond donors (Lipinski definition) is 5. The molecule has 10 nitrogen and oxygen atoms in total. The number of methoxy groups -OCH3 is 1. The summed E-state index contributed by atoms with van der Waals surface area (Å²) in [6.07, 6.45) is -7.02. The molecule has 0 saturated carbocycles. The molecule has 0 radical (unpaired) electrons. The molecule has 0 unspecified atom stereocenters. The third kappa shape index (κ3) is 3.73. The smallest absolute Gasteiger partial charge is 0.239 e. The Morgan fingerprint density at radius 2 is 1.66 bits per heavy atom. The van der Waals surface area contributed by atoms with E-state index in [-0.39, 0.29) is 28.2 Å². The largest absolute Gasteiger partial charge is 0.508 e. The molecule has 2 heterocycles. The van der Waals surface area contributed by atoms with Gasteiger partial charge in [0, 0.05) is 17.7 Å². The van der Waals surface area contributed by atoms with Crippen LogP contribution < -0.4 is 14.9 Å². The summed E-state index contributed by atoms with van der Waals surface area (Å²) < 4.78 is 22.1. The third-order valence-corrected chi connectivity index (χ3v) is 5.31. The topological polar surface area (TPSA) is 159 Å². The summed E-state index contributed by atoms with van der Waals surface area (Å²) >= 11 is 0. The Balaban J connectivity index is 1.90. The first kappa shape index (κ1) is 21.9. The van der Waals surface area contributed by atoms with E-state index in [0.717, 1.165) is 0 Å². The quantitative estimate of drug-likeness (QED) is 0.393. The van der Waals surface area contributed by atoms with Crippen molar-refractivity contribution in [1.29, 1.82) is 0 Å². The lowest BCUT2D eigenvalue weighted by Gasteiger charge is -2.38. The second kappa shape index (κ2) is 8.32. The SMILES string of the molecule is COc1cc(O)c2c(=O)c(O[C@@H]3O[C@@H](C)[C@H](O)[C@@H](O)[C@H]3O)c(-c3ccc(O)cc3)oc2c1. The number of hydrogen-bond acceptors (Lipinski definition) is 10. The molecule has 4 rings (SSSR count). The molecule has 5 atom stereocenters. The van der Waals surface area contributed by atoms with Gasteiger partial charge in [-0.2, -0.15) is 0 Å². The van der Waals surface area contributed by atoms with Crippen LogP contribution in [0.2, 0.25) is 0 Å². The first-order chi connectivity index (χ1) is 15.2. The van der Waals surface area contributed by atoms with Crippen LogP contribution in [0.15, 0.2) is 45.6 Å². The van der Waals surface area contributed by atoms with E-state index in [9.17, 15) is 30.3 Å². The number of ether oxygens (including phenoxy) is 3. The van der Waals surface area contributed by atoms with E-state index >= 15 is 0 Å². The van der Waals surface area contributed by atoms with Crippen LogP contribution in [0, 0.1) is 0 Å². The Hall–Kier alpha value is -3.31. The molecule has 1 aliphatic heterocycles. The summed E-state index contributed by atoms with van der Waals surface area (Å²) in [6.45, 7) is 1.47.